The van der Waals surface area contributed by atoms with Crippen LogP contribution in [0.15, 0.2) is 66.7 Å². The Morgan fingerprint density at radius 3 is 1.79 bits per heavy atom. The van der Waals surface area contributed by atoms with Gasteiger partial charge >= 0.3 is 0 Å². The van der Waals surface area contributed by atoms with Crippen molar-refractivity contribution in [2.75, 3.05) is 14.1 Å². The van der Waals surface area contributed by atoms with E-state index in [1.54, 1.807) is 0 Å². The van der Waals surface area contributed by atoms with E-state index in [0.717, 1.165) is 16.8 Å². The van der Waals surface area contributed by atoms with E-state index in [0.29, 0.717) is 5.71 Å². The van der Waals surface area contributed by atoms with Crippen LogP contribution in [0.5, 0.6) is 0 Å². The van der Waals surface area contributed by atoms with Gasteiger partial charge in [-0.3, -0.25) is 0 Å². The summed E-state index contributed by atoms with van der Waals surface area (Å²) in [5.74, 6) is 0. The molecule has 96 valence electrons. The first-order chi connectivity index (χ1) is 9.18. The van der Waals surface area contributed by atoms with Crippen molar-refractivity contribution in [1.29, 1.82) is 5.41 Å². The maximum atomic E-state index is 8.20. The van der Waals surface area contributed by atoms with E-state index < -0.39 is 0 Å². The first-order valence-corrected chi connectivity index (χ1v) is 6.27. The first-order valence-electron chi connectivity index (χ1n) is 6.27. The molecule has 2 aromatic carbocycles. The van der Waals surface area contributed by atoms with Gasteiger partial charge in [0.25, 0.3) is 0 Å². The summed E-state index contributed by atoms with van der Waals surface area (Å²) in [5.41, 5.74) is 3.61. The van der Waals surface area contributed by atoms with E-state index >= 15 is 0 Å². The van der Waals surface area contributed by atoms with Crippen LogP contribution in [0.1, 0.15) is 11.1 Å². The fourth-order valence-electron chi connectivity index (χ4n) is 1.92. The lowest BCUT2D eigenvalue weighted by Crippen LogP contribution is -2.12. The third-order valence-corrected chi connectivity index (χ3v) is 2.92. The van der Waals surface area contributed by atoms with Crippen LogP contribution >= 0.6 is 0 Å². The molecule has 2 rings (SSSR count). The molecule has 2 heteroatoms. The van der Waals surface area contributed by atoms with Gasteiger partial charge in [0.05, 0.1) is 5.71 Å². The molecule has 0 atom stereocenters. The van der Waals surface area contributed by atoms with E-state index in [1.807, 2.05) is 73.6 Å². The van der Waals surface area contributed by atoms with Gasteiger partial charge in [0.2, 0.25) is 0 Å². The second kappa shape index (κ2) is 6.01. The monoisotopic (exact) mass is 250 g/mol. The molecule has 0 fully saturated rings. The van der Waals surface area contributed by atoms with Crippen molar-refractivity contribution >= 4 is 11.4 Å². The van der Waals surface area contributed by atoms with E-state index in [4.69, 9.17) is 5.41 Å². The Balaban J connectivity index is 2.35. The summed E-state index contributed by atoms with van der Waals surface area (Å²) in [7, 11) is 3.99. The molecule has 0 unspecified atom stereocenters. The van der Waals surface area contributed by atoms with Gasteiger partial charge in [-0.05, 0) is 17.2 Å². The quantitative estimate of drug-likeness (QED) is 0.824. The number of benzene rings is 2. The average molecular weight is 250 g/mol. The number of nitrogens with one attached hydrogen (secondary N) is 1. The fourth-order valence-corrected chi connectivity index (χ4v) is 1.92. The molecule has 19 heavy (non-hydrogen) atoms. The van der Waals surface area contributed by atoms with Crippen LogP contribution in [-0.4, -0.2) is 24.7 Å². The predicted molar refractivity (Wildman–Crippen MR) is 81.4 cm³/mol. The van der Waals surface area contributed by atoms with Gasteiger partial charge in [-0.25, -0.2) is 0 Å². The number of nitrogens with zero attached hydrogens (tertiary/aromatic N) is 1. The van der Waals surface area contributed by atoms with Crippen LogP contribution < -0.4 is 0 Å². The summed E-state index contributed by atoms with van der Waals surface area (Å²) >= 11 is 0. The zero-order valence-electron chi connectivity index (χ0n) is 11.3. The molecule has 0 radical (unpaired) electrons. The van der Waals surface area contributed by atoms with E-state index in [-0.39, 0.29) is 0 Å². The first kappa shape index (κ1) is 13.1. The molecule has 2 nitrogen and oxygen atoms in total. The highest BCUT2D eigenvalue weighted by Gasteiger charge is 2.05. The molecule has 0 saturated carbocycles. The SMILES string of the molecule is CN(C)/C(=C\C(=N)c1ccccc1)c1ccccc1. The van der Waals surface area contributed by atoms with Crippen molar-refractivity contribution in [2.45, 2.75) is 0 Å². The molecule has 1 N–H and O–H groups in total. The van der Waals surface area contributed by atoms with Gasteiger partial charge < -0.3 is 10.3 Å². The predicted octanol–water partition coefficient (Wildman–Crippen LogP) is 3.66. The van der Waals surface area contributed by atoms with Crippen molar-refractivity contribution in [1.82, 2.24) is 4.90 Å². The third-order valence-electron chi connectivity index (χ3n) is 2.92. The summed E-state index contributed by atoms with van der Waals surface area (Å²) in [6.07, 6.45) is 1.91. The fraction of sp³-hybridized carbons (Fsp3) is 0.118. The highest BCUT2D eigenvalue weighted by molar-refractivity contribution is 6.10. The molecular formula is C17H18N2. The number of allylic oxidation sites excluding steroid dienone is 1. The molecule has 0 bridgehead atoms. The highest BCUT2D eigenvalue weighted by Crippen LogP contribution is 2.17. The second-order valence-electron chi connectivity index (χ2n) is 4.57. The van der Waals surface area contributed by atoms with Gasteiger partial charge in [0.1, 0.15) is 0 Å². The minimum atomic E-state index is 0.521. The molecule has 0 spiro atoms. The van der Waals surface area contributed by atoms with Gasteiger partial charge in [-0.2, -0.15) is 0 Å². The van der Waals surface area contributed by atoms with Crippen molar-refractivity contribution in [3.8, 4) is 0 Å². The van der Waals surface area contributed by atoms with E-state index in [2.05, 4.69) is 12.1 Å². The molecule has 2 aromatic rings. The van der Waals surface area contributed by atoms with Crippen LogP contribution in [0.2, 0.25) is 0 Å². The van der Waals surface area contributed by atoms with Gasteiger partial charge in [0.15, 0.2) is 0 Å². The zero-order valence-corrected chi connectivity index (χ0v) is 11.3. The van der Waals surface area contributed by atoms with Crippen molar-refractivity contribution in [2.24, 2.45) is 0 Å². The normalized spacial score (nSPS) is 11.2. The Morgan fingerprint density at radius 2 is 1.32 bits per heavy atom. The summed E-state index contributed by atoms with van der Waals surface area (Å²) in [5, 5.41) is 8.20. The molecule has 0 aliphatic carbocycles. The van der Waals surface area contributed by atoms with Crippen LogP contribution in [0.3, 0.4) is 0 Å². The Kier molecular flexibility index (Phi) is 4.14. The number of hydrogen-bond acceptors (Lipinski definition) is 2. The summed E-state index contributed by atoms with van der Waals surface area (Å²) in [6, 6.07) is 19.9. The molecule has 0 aliphatic heterocycles. The van der Waals surface area contributed by atoms with E-state index in [1.165, 1.54) is 0 Å². The third kappa shape index (κ3) is 3.32. The van der Waals surface area contributed by atoms with Crippen molar-refractivity contribution < 1.29 is 0 Å². The number of hydrogen-bond donors (Lipinski definition) is 1. The zero-order chi connectivity index (χ0) is 13.7. The topological polar surface area (TPSA) is 27.1 Å². The number of rotatable bonds is 4. The minimum absolute atomic E-state index is 0.521. The summed E-state index contributed by atoms with van der Waals surface area (Å²) in [4.78, 5) is 2.03. The van der Waals surface area contributed by atoms with Crippen LogP contribution in [0, 0.1) is 5.41 Å². The lowest BCUT2D eigenvalue weighted by Gasteiger charge is -2.18. The van der Waals surface area contributed by atoms with Gasteiger partial charge in [-0.1, -0.05) is 60.7 Å². The molecule has 0 aliphatic rings. The van der Waals surface area contributed by atoms with Gasteiger partial charge in [-0.15, -0.1) is 0 Å². The lowest BCUT2D eigenvalue weighted by molar-refractivity contribution is 0.592. The molecular weight excluding hydrogens is 232 g/mol. The van der Waals surface area contributed by atoms with Crippen molar-refractivity contribution in [3.63, 3.8) is 0 Å². The summed E-state index contributed by atoms with van der Waals surface area (Å²) in [6.45, 7) is 0. The van der Waals surface area contributed by atoms with Crippen LogP contribution in [0.4, 0.5) is 0 Å². The Morgan fingerprint density at radius 1 is 0.842 bits per heavy atom. The lowest BCUT2D eigenvalue weighted by atomic mass is 10.1. The van der Waals surface area contributed by atoms with Crippen molar-refractivity contribution in [3.05, 3.63) is 77.9 Å². The highest BCUT2D eigenvalue weighted by atomic mass is 15.1. The molecule has 0 amide bonds. The second-order valence-corrected chi connectivity index (χ2v) is 4.57. The molecule has 0 heterocycles. The molecule has 0 aromatic heterocycles. The Bertz CT molecular complexity index is 569. The molecule has 0 saturated heterocycles. The van der Waals surface area contributed by atoms with Gasteiger partial charge in [0, 0.05) is 19.8 Å². The Labute approximate surface area is 114 Å². The van der Waals surface area contributed by atoms with Crippen LogP contribution in [0.25, 0.3) is 5.70 Å². The van der Waals surface area contributed by atoms with Crippen LogP contribution in [-0.2, 0) is 0 Å². The maximum Gasteiger partial charge on any atom is 0.0633 e. The standard InChI is InChI=1S/C17H18N2/c1-19(2)17(15-11-7-4-8-12-15)13-16(18)14-9-5-3-6-10-14/h3-13,18H,1-2H3/b17-13-,18-16?. The summed E-state index contributed by atoms with van der Waals surface area (Å²) < 4.78 is 0. The largest absolute Gasteiger partial charge is 0.377 e. The maximum absolute atomic E-state index is 8.20. The average Bonchev–Trinajstić information content (AvgIpc) is 2.46. The minimum Gasteiger partial charge on any atom is -0.377 e. The van der Waals surface area contributed by atoms with E-state index in [9.17, 15) is 0 Å². The smallest absolute Gasteiger partial charge is 0.0633 e. The Hall–Kier alpha value is -2.35.